The normalized spacial score (nSPS) is 15.2. The highest BCUT2D eigenvalue weighted by atomic mass is 16.4. The van der Waals surface area contributed by atoms with E-state index in [-0.39, 0.29) is 11.7 Å². The number of aromatic nitrogens is 2. The molecule has 0 spiro atoms. The van der Waals surface area contributed by atoms with Crippen molar-refractivity contribution in [2.24, 2.45) is 17.9 Å². The third kappa shape index (κ3) is 2.44. The molecule has 1 aromatic heterocycles. The highest BCUT2D eigenvalue weighted by molar-refractivity contribution is 6.00. The Hall–Kier alpha value is -2.05. The van der Waals surface area contributed by atoms with Gasteiger partial charge in [0.15, 0.2) is 5.84 Å². The molecule has 1 aromatic rings. The van der Waals surface area contributed by atoms with Gasteiger partial charge < -0.3 is 16.3 Å². The average Bonchev–Trinajstić information content (AvgIpc) is 2.68. The summed E-state index contributed by atoms with van der Waals surface area (Å²) < 4.78 is 1.61. The summed E-state index contributed by atoms with van der Waals surface area (Å²) in [6, 6.07) is 0. The molecule has 1 atom stereocenters. The van der Waals surface area contributed by atoms with Crippen LogP contribution in [0.2, 0.25) is 0 Å². The van der Waals surface area contributed by atoms with Crippen LogP contribution in [0, 0.1) is 6.92 Å². The summed E-state index contributed by atoms with van der Waals surface area (Å²) in [5.74, 6) is -0.323. The summed E-state index contributed by atoms with van der Waals surface area (Å²) in [6.45, 7) is 5.34. The van der Waals surface area contributed by atoms with Crippen molar-refractivity contribution in [3.05, 3.63) is 17.5 Å². The minimum absolute atomic E-state index is 0.0279. The predicted octanol–water partition coefficient (Wildman–Crippen LogP) is 0.373. The molecule has 1 rings (SSSR count). The molecule has 100 valence electrons. The molecule has 1 amide bonds. The number of amidine groups is 1. The minimum atomic E-state index is -0.881. The van der Waals surface area contributed by atoms with Gasteiger partial charge in [0.05, 0.1) is 17.3 Å². The van der Waals surface area contributed by atoms with Gasteiger partial charge in [-0.1, -0.05) is 12.1 Å². The number of aryl methyl sites for hydroxylation is 1. The van der Waals surface area contributed by atoms with Crippen molar-refractivity contribution in [3.8, 4) is 0 Å². The molecular weight excluding hydrogens is 234 g/mol. The van der Waals surface area contributed by atoms with Crippen LogP contribution in [0.4, 0.5) is 0 Å². The van der Waals surface area contributed by atoms with Gasteiger partial charge in [0, 0.05) is 12.7 Å². The van der Waals surface area contributed by atoms with Gasteiger partial charge in [-0.2, -0.15) is 5.10 Å². The van der Waals surface area contributed by atoms with Crippen molar-refractivity contribution in [2.75, 3.05) is 0 Å². The van der Waals surface area contributed by atoms with Crippen molar-refractivity contribution in [1.82, 2.24) is 15.1 Å². The molecule has 0 saturated heterocycles. The second kappa shape index (κ2) is 5.07. The maximum atomic E-state index is 12.1. The Morgan fingerprint density at radius 2 is 2.33 bits per heavy atom. The number of amides is 1. The van der Waals surface area contributed by atoms with Gasteiger partial charge in [-0.3, -0.25) is 9.48 Å². The number of rotatable bonds is 4. The lowest BCUT2D eigenvalue weighted by atomic mass is 9.97. The van der Waals surface area contributed by atoms with Gasteiger partial charge in [0.2, 0.25) is 0 Å². The van der Waals surface area contributed by atoms with E-state index in [0.29, 0.717) is 12.0 Å². The van der Waals surface area contributed by atoms with Crippen molar-refractivity contribution < 1.29 is 10.0 Å². The minimum Gasteiger partial charge on any atom is -0.409 e. The molecule has 1 unspecified atom stereocenters. The first-order valence-electron chi connectivity index (χ1n) is 5.64. The number of carbonyl (C=O) groups excluding carboxylic acids is 1. The highest BCUT2D eigenvalue weighted by Gasteiger charge is 2.30. The Kier molecular flexibility index (Phi) is 3.95. The van der Waals surface area contributed by atoms with Gasteiger partial charge in [0.25, 0.3) is 5.91 Å². The van der Waals surface area contributed by atoms with E-state index in [1.807, 2.05) is 6.92 Å². The van der Waals surface area contributed by atoms with Crippen LogP contribution in [-0.2, 0) is 7.05 Å². The van der Waals surface area contributed by atoms with Crippen LogP contribution >= 0.6 is 0 Å². The van der Waals surface area contributed by atoms with Crippen molar-refractivity contribution in [2.45, 2.75) is 32.7 Å². The standard InChI is InChI=1S/C11H19N5O2/c1-5-11(3,10(12)15-18)14-9(17)8-6-13-16(4)7(8)2/h6,18H,5H2,1-4H3,(H2,12,15)(H,14,17). The van der Waals surface area contributed by atoms with Gasteiger partial charge in [-0.05, 0) is 20.3 Å². The largest absolute Gasteiger partial charge is 0.409 e. The Labute approximate surface area is 106 Å². The number of hydrogen-bond donors (Lipinski definition) is 3. The molecule has 0 bridgehead atoms. The first-order valence-corrected chi connectivity index (χ1v) is 5.64. The van der Waals surface area contributed by atoms with E-state index >= 15 is 0 Å². The highest BCUT2D eigenvalue weighted by Crippen LogP contribution is 2.13. The first-order chi connectivity index (χ1) is 8.35. The van der Waals surface area contributed by atoms with E-state index in [9.17, 15) is 4.79 Å². The van der Waals surface area contributed by atoms with Gasteiger partial charge in [0.1, 0.15) is 0 Å². The van der Waals surface area contributed by atoms with E-state index in [0.717, 1.165) is 5.69 Å². The number of nitrogens with two attached hydrogens (primary N) is 1. The van der Waals surface area contributed by atoms with Crippen LogP contribution in [0.15, 0.2) is 11.4 Å². The van der Waals surface area contributed by atoms with E-state index in [2.05, 4.69) is 15.6 Å². The van der Waals surface area contributed by atoms with Gasteiger partial charge in [-0.15, -0.1) is 0 Å². The third-order valence-corrected chi connectivity index (χ3v) is 3.25. The SMILES string of the molecule is CCC(C)(NC(=O)c1cnn(C)c1C)/C(N)=N/O. The lowest BCUT2D eigenvalue weighted by molar-refractivity contribution is 0.0924. The third-order valence-electron chi connectivity index (χ3n) is 3.25. The van der Waals surface area contributed by atoms with E-state index < -0.39 is 5.54 Å². The molecule has 0 aliphatic heterocycles. The number of hydrogen-bond acceptors (Lipinski definition) is 4. The molecular formula is C11H19N5O2. The number of nitrogens with one attached hydrogen (secondary N) is 1. The Balaban J connectivity index is 2.97. The monoisotopic (exact) mass is 253 g/mol. The van der Waals surface area contributed by atoms with Gasteiger partial charge in [-0.25, -0.2) is 0 Å². The molecule has 0 saturated carbocycles. The fourth-order valence-electron chi connectivity index (χ4n) is 1.48. The summed E-state index contributed by atoms with van der Waals surface area (Å²) in [6.07, 6.45) is 2.00. The topological polar surface area (TPSA) is 106 Å². The zero-order valence-corrected chi connectivity index (χ0v) is 11.1. The molecule has 0 aliphatic carbocycles. The summed E-state index contributed by atoms with van der Waals surface area (Å²) in [7, 11) is 1.76. The molecule has 7 heteroatoms. The summed E-state index contributed by atoms with van der Waals surface area (Å²) >= 11 is 0. The average molecular weight is 253 g/mol. The fraction of sp³-hybridized carbons (Fsp3) is 0.545. The lowest BCUT2D eigenvalue weighted by Gasteiger charge is -2.27. The predicted molar refractivity (Wildman–Crippen MR) is 67.5 cm³/mol. The first kappa shape index (κ1) is 14.0. The molecule has 4 N–H and O–H groups in total. The Morgan fingerprint density at radius 3 is 2.72 bits per heavy atom. The second-order valence-corrected chi connectivity index (χ2v) is 4.39. The quantitative estimate of drug-likeness (QED) is 0.312. The van der Waals surface area contributed by atoms with Crippen molar-refractivity contribution in [1.29, 1.82) is 0 Å². The van der Waals surface area contributed by atoms with Crippen molar-refractivity contribution >= 4 is 11.7 Å². The maximum absolute atomic E-state index is 12.1. The van der Waals surface area contributed by atoms with Crippen LogP contribution in [0.5, 0.6) is 0 Å². The van der Waals surface area contributed by atoms with E-state index in [1.54, 1.807) is 25.6 Å². The molecule has 0 radical (unpaired) electrons. The summed E-state index contributed by atoms with van der Waals surface area (Å²) in [5.41, 5.74) is 5.95. The van der Waals surface area contributed by atoms with Crippen molar-refractivity contribution in [3.63, 3.8) is 0 Å². The smallest absolute Gasteiger partial charge is 0.255 e. The van der Waals surface area contributed by atoms with Crippen LogP contribution < -0.4 is 11.1 Å². The zero-order valence-electron chi connectivity index (χ0n) is 11.1. The molecule has 1 heterocycles. The molecule has 7 nitrogen and oxygen atoms in total. The Bertz CT molecular complexity index is 480. The summed E-state index contributed by atoms with van der Waals surface area (Å²) in [5, 5.41) is 18.5. The van der Waals surface area contributed by atoms with Gasteiger partial charge >= 0.3 is 0 Å². The molecule has 0 fully saturated rings. The molecule has 0 aliphatic rings. The Morgan fingerprint density at radius 1 is 1.72 bits per heavy atom. The molecule has 0 aromatic carbocycles. The summed E-state index contributed by atoms with van der Waals surface area (Å²) in [4.78, 5) is 12.1. The zero-order chi connectivity index (χ0) is 13.9. The van der Waals surface area contributed by atoms with Crippen LogP contribution in [0.1, 0.15) is 36.3 Å². The molecule has 18 heavy (non-hydrogen) atoms. The number of oxime groups is 1. The van der Waals surface area contributed by atoms with Crippen LogP contribution in [0.25, 0.3) is 0 Å². The maximum Gasteiger partial charge on any atom is 0.255 e. The fourth-order valence-corrected chi connectivity index (χ4v) is 1.48. The second-order valence-electron chi connectivity index (χ2n) is 4.39. The number of carbonyl (C=O) groups is 1. The van der Waals surface area contributed by atoms with Crippen LogP contribution in [-0.4, -0.2) is 32.3 Å². The van der Waals surface area contributed by atoms with E-state index in [4.69, 9.17) is 10.9 Å². The van der Waals surface area contributed by atoms with Crippen LogP contribution in [0.3, 0.4) is 0 Å². The van der Waals surface area contributed by atoms with E-state index in [1.165, 1.54) is 6.20 Å². The number of nitrogens with zero attached hydrogens (tertiary/aromatic N) is 3. The lowest BCUT2D eigenvalue weighted by Crippen LogP contribution is -2.55.